The molecule has 0 aliphatic heterocycles. The Hall–Kier alpha value is -2.87. The molecule has 1 fully saturated rings. The minimum absolute atomic E-state index is 0.200. The van der Waals surface area contributed by atoms with Gasteiger partial charge in [0.2, 0.25) is 0 Å². The number of benzene rings is 1. The lowest BCUT2D eigenvalue weighted by Crippen LogP contribution is -2.36. The summed E-state index contributed by atoms with van der Waals surface area (Å²) in [6, 6.07) is 2.96. The summed E-state index contributed by atoms with van der Waals surface area (Å²) < 4.78 is 14.1. The van der Waals surface area contributed by atoms with Gasteiger partial charge in [0.1, 0.15) is 5.75 Å². The number of rotatable bonds is 8. The Morgan fingerprint density at radius 2 is 1.97 bits per heavy atom. The highest BCUT2D eigenvalue weighted by atomic mass is 35.5. The maximum absolute atomic E-state index is 13.1. The van der Waals surface area contributed by atoms with E-state index >= 15 is 0 Å². The van der Waals surface area contributed by atoms with Crippen molar-refractivity contribution < 1.29 is 14.3 Å². The van der Waals surface area contributed by atoms with Gasteiger partial charge in [0.25, 0.3) is 5.56 Å². The maximum atomic E-state index is 13.1. The van der Waals surface area contributed by atoms with Gasteiger partial charge in [0.05, 0.1) is 36.0 Å². The number of hydrogen-bond donors (Lipinski definition) is 0. The molecule has 1 aromatic carbocycles. The third-order valence-electron chi connectivity index (χ3n) is 6.59. The first-order valence-corrected chi connectivity index (χ1v) is 12.4. The van der Waals surface area contributed by atoms with Crippen molar-refractivity contribution in [1.82, 2.24) is 19.6 Å². The van der Waals surface area contributed by atoms with Gasteiger partial charge in [-0.1, -0.05) is 11.6 Å². The predicted octanol–water partition coefficient (Wildman–Crippen LogP) is 4.09. The largest absolute Gasteiger partial charge is 0.492 e. The quantitative estimate of drug-likeness (QED) is 0.447. The van der Waals surface area contributed by atoms with Crippen LogP contribution in [0.25, 0.3) is 10.9 Å². The molecule has 1 saturated carbocycles. The van der Waals surface area contributed by atoms with Gasteiger partial charge in [0.15, 0.2) is 6.04 Å². The van der Waals surface area contributed by atoms with Crippen LogP contribution in [0, 0.1) is 5.92 Å². The standard InChI is InChI=1S/C25H29ClN4O4/c1-3-33-25(32)15(2)30-24(31)19-7-5-4-6-18(19)22(28-30)13-29-12-17-10-23(34-14-16-8-9-16)20(26)11-21(17)27-29/h10-12,15-16H,3-9,13-14H2,1-2H3. The Kier molecular flexibility index (Phi) is 6.34. The smallest absolute Gasteiger partial charge is 0.330 e. The van der Waals surface area contributed by atoms with Gasteiger partial charge in [0, 0.05) is 17.1 Å². The minimum Gasteiger partial charge on any atom is -0.492 e. The third-order valence-corrected chi connectivity index (χ3v) is 6.89. The molecule has 0 radical (unpaired) electrons. The molecule has 8 nitrogen and oxygen atoms in total. The van der Waals surface area contributed by atoms with Crippen molar-refractivity contribution in [3.63, 3.8) is 0 Å². The number of hydrogen-bond acceptors (Lipinski definition) is 6. The molecular weight excluding hydrogens is 456 g/mol. The molecular formula is C25H29ClN4O4. The normalized spacial score (nSPS) is 16.3. The molecule has 2 aromatic heterocycles. The molecule has 0 spiro atoms. The highest BCUT2D eigenvalue weighted by Gasteiger charge is 2.26. The Bertz CT molecular complexity index is 1290. The van der Waals surface area contributed by atoms with Crippen molar-refractivity contribution in [2.24, 2.45) is 5.92 Å². The van der Waals surface area contributed by atoms with Crippen LogP contribution in [0.2, 0.25) is 5.02 Å². The summed E-state index contributed by atoms with van der Waals surface area (Å²) in [6.07, 6.45) is 7.82. The molecule has 0 amide bonds. The van der Waals surface area contributed by atoms with Crippen LogP contribution in [-0.2, 0) is 28.9 Å². The number of carbonyl (C=O) groups excluding carboxylic acids is 1. The summed E-state index contributed by atoms with van der Waals surface area (Å²) in [5.41, 5.74) is 3.06. The zero-order valence-electron chi connectivity index (χ0n) is 19.6. The zero-order valence-corrected chi connectivity index (χ0v) is 20.3. The average Bonchev–Trinajstić information content (AvgIpc) is 3.58. The highest BCUT2D eigenvalue weighted by Crippen LogP contribution is 2.34. The Balaban J connectivity index is 1.48. The summed E-state index contributed by atoms with van der Waals surface area (Å²) in [6.45, 7) is 4.73. The molecule has 5 rings (SSSR count). The van der Waals surface area contributed by atoms with Crippen LogP contribution >= 0.6 is 11.6 Å². The number of carbonyl (C=O) groups is 1. The van der Waals surface area contributed by atoms with Gasteiger partial charge in [-0.25, -0.2) is 9.48 Å². The Morgan fingerprint density at radius 1 is 1.21 bits per heavy atom. The maximum Gasteiger partial charge on any atom is 0.330 e. The molecule has 34 heavy (non-hydrogen) atoms. The van der Waals surface area contributed by atoms with E-state index in [0.29, 0.717) is 36.3 Å². The zero-order chi connectivity index (χ0) is 23.8. The van der Waals surface area contributed by atoms with Crippen molar-refractivity contribution in [1.29, 1.82) is 0 Å². The van der Waals surface area contributed by atoms with E-state index in [1.807, 2.05) is 23.0 Å². The van der Waals surface area contributed by atoms with Gasteiger partial charge < -0.3 is 9.47 Å². The molecule has 1 atom stereocenters. The molecule has 9 heteroatoms. The minimum atomic E-state index is -0.792. The average molecular weight is 485 g/mol. The number of fused-ring (bicyclic) bond motifs is 2. The van der Waals surface area contributed by atoms with Crippen LogP contribution in [0.4, 0.5) is 0 Å². The summed E-state index contributed by atoms with van der Waals surface area (Å²) in [5.74, 6) is 0.851. The second-order valence-electron chi connectivity index (χ2n) is 9.21. The summed E-state index contributed by atoms with van der Waals surface area (Å²) in [5, 5.41) is 10.8. The fourth-order valence-electron chi connectivity index (χ4n) is 4.50. The van der Waals surface area contributed by atoms with Gasteiger partial charge in [-0.05, 0) is 76.0 Å². The van der Waals surface area contributed by atoms with Gasteiger partial charge in [-0.2, -0.15) is 10.2 Å². The monoisotopic (exact) mass is 484 g/mol. The van der Waals surface area contributed by atoms with E-state index in [-0.39, 0.29) is 12.2 Å². The molecule has 0 saturated heterocycles. The molecule has 1 unspecified atom stereocenters. The fraction of sp³-hybridized carbons (Fsp3) is 0.520. The number of aromatic nitrogens is 4. The van der Waals surface area contributed by atoms with E-state index in [9.17, 15) is 9.59 Å². The lowest BCUT2D eigenvalue weighted by molar-refractivity contribution is -0.147. The van der Waals surface area contributed by atoms with Crippen LogP contribution in [0.3, 0.4) is 0 Å². The molecule has 180 valence electrons. The van der Waals surface area contributed by atoms with E-state index < -0.39 is 12.0 Å². The van der Waals surface area contributed by atoms with E-state index in [2.05, 4.69) is 10.2 Å². The van der Waals surface area contributed by atoms with Crippen molar-refractivity contribution in [2.45, 2.75) is 65.0 Å². The van der Waals surface area contributed by atoms with Gasteiger partial charge >= 0.3 is 5.97 Å². The van der Waals surface area contributed by atoms with Crippen LogP contribution in [0.1, 0.15) is 62.4 Å². The number of halogens is 1. The fourth-order valence-corrected chi connectivity index (χ4v) is 4.71. The second kappa shape index (κ2) is 9.41. The molecule has 2 aliphatic rings. The molecule has 2 heterocycles. The van der Waals surface area contributed by atoms with Gasteiger partial charge in [-0.15, -0.1) is 0 Å². The van der Waals surface area contributed by atoms with Crippen LogP contribution < -0.4 is 10.3 Å². The van der Waals surface area contributed by atoms with Crippen molar-refractivity contribution in [3.05, 3.63) is 50.5 Å². The van der Waals surface area contributed by atoms with Crippen molar-refractivity contribution in [3.8, 4) is 5.75 Å². The first-order valence-electron chi connectivity index (χ1n) is 12.0. The molecule has 0 bridgehead atoms. The lowest BCUT2D eigenvalue weighted by Gasteiger charge is -2.22. The van der Waals surface area contributed by atoms with E-state index in [4.69, 9.17) is 21.1 Å². The topological polar surface area (TPSA) is 88.2 Å². The second-order valence-corrected chi connectivity index (χ2v) is 9.62. The van der Waals surface area contributed by atoms with E-state index in [1.165, 1.54) is 17.5 Å². The van der Waals surface area contributed by atoms with Gasteiger partial charge in [-0.3, -0.25) is 9.48 Å². The number of esters is 1. The number of nitrogens with zero attached hydrogens (tertiary/aromatic N) is 4. The molecule has 0 N–H and O–H groups in total. The predicted molar refractivity (Wildman–Crippen MR) is 129 cm³/mol. The molecule has 3 aromatic rings. The molecule has 2 aliphatic carbocycles. The summed E-state index contributed by atoms with van der Waals surface area (Å²) in [7, 11) is 0. The summed E-state index contributed by atoms with van der Waals surface area (Å²) in [4.78, 5) is 25.5. The first-order chi connectivity index (χ1) is 16.4. The SMILES string of the molecule is CCOC(=O)C(C)n1nc(Cn2cc3cc(OCC4CC4)c(Cl)cc3n2)c2c(c1=O)CCCC2. The van der Waals surface area contributed by atoms with E-state index in [1.54, 1.807) is 13.8 Å². The third kappa shape index (κ3) is 4.56. The highest BCUT2D eigenvalue weighted by molar-refractivity contribution is 6.32. The Labute approximate surface area is 202 Å². The first kappa shape index (κ1) is 22.9. The Morgan fingerprint density at radius 3 is 2.71 bits per heavy atom. The summed E-state index contributed by atoms with van der Waals surface area (Å²) >= 11 is 6.43. The van der Waals surface area contributed by atoms with Crippen LogP contribution in [0.5, 0.6) is 5.75 Å². The van der Waals surface area contributed by atoms with Crippen LogP contribution in [0.15, 0.2) is 23.1 Å². The number of ether oxygens (including phenoxy) is 2. The van der Waals surface area contributed by atoms with Crippen LogP contribution in [-0.4, -0.2) is 38.7 Å². The van der Waals surface area contributed by atoms with Crippen molar-refractivity contribution >= 4 is 28.5 Å². The van der Waals surface area contributed by atoms with Crippen molar-refractivity contribution in [2.75, 3.05) is 13.2 Å². The van der Waals surface area contributed by atoms with E-state index in [0.717, 1.165) is 47.0 Å². The lowest BCUT2D eigenvalue weighted by atomic mass is 9.91.